The van der Waals surface area contributed by atoms with Gasteiger partial charge in [-0.05, 0) is 17.5 Å². The van der Waals surface area contributed by atoms with E-state index in [2.05, 4.69) is 15.9 Å². The maximum atomic E-state index is 11.9. The van der Waals surface area contributed by atoms with Crippen molar-refractivity contribution in [2.75, 3.05) is 16.8 Å². The fraction of sp³-hybridized carbons (Fsp3) is 0.417. The first-order valence-electron chi connectivity index (χ1n) is 5.66. The molecule has 0 radical (unpaired) electrons. The van der Waals surface area contributed by atoms with Crippen LogP contribution in [-0.4, -0.2) is 22.7 Å². The van der Waals surface area contributed by atoms with Crippen molar-refractivity contribution in [2.45, 2.75) is 13.3 Å². The van der Waals surface area contributed by atoms with Gasteiger partial charge in [0.25, 0.3) is 5.69 Å². The minimum atomic E-state index is -0.436. The van der Waals surface area contributed by atoms with Crippen molar-refractivity contribution in [1.29, 1.82) is 0 Å². The van der Waals surface area contributed by atoms with Crippen molar-refractivity contribution in [3.8, 4) is 0 Å². The van der Waals surface area contributed by atoms with E-state index in [1.165, 1.54) is 12.1 Å². The summed E-state index contributed by atoms with van der Waals surface area (Å²) >= 11 is 3.39. The van der Waals surface area contributed by atoms with Gasteiger partial charge in [-0.3, -0.25) is 14.9 Å². The molecular formula is C12H13BrN2O3. The van der Waals surface area contributed by atoms with Gasteiger partial charge in [0, 0.05) is 29.7 Å². The maximum Gasteiger partial charge on any atom is 0.269 e. The van der Waals surface area contributed by atoms with E-state index in [1.54, 1.807) is 11.0 Å². The number of nitrogens with zero attached hydrogens (tertiary/aromatic N) is 2. The average molecular weight is 313 g/mol. The van der Waals surface area contributed by atoms with Crippen LogP contribution in [0.25, 0.3) is 0 Å². The summed E-state index contributed by atoms with van der Waals surface area (Å²) < 4.78 is 0. The molecule has 1 heterocycles. The van der Waals surface area contributed by atoms with Gasteiger partial charge in [0.1, 0.15) is 0 Å². The van der Waals surface area contributed by atoms with E-state index in [9.17, 15) is 14.9 Å². The lowest BCUT2D eigenvalue weighted by Crippen LogP contribution is -2.31. The van der Waals surface area contributed by atoms with Gasteiger partial charge in [-0.2, -0.15) is 0 Å². The molecule has 1 atom stereocenters. The SMILES string of the molecule is CC(CBr)CN1C(=O)Cc2cc([N+](=O)[O-])ccc21. The molecule has 0 bridgehead atoms. The number of hydrogen-bond donors (Lipinski definition) is 0. The monoisotopic (exact) mass is 312 g/mol. The summed E-state index contributed by atoms with van der Waals surface area (Å²) in [4.78, 5) is 23.9. The maximum absolute atomic E-state index is 11.9. The summed E-state index contributed by atoms with van der Waals surface area (Å²) in [7, 11) is 0. The Labute approximate surface area is 113 Å². The third kappa shape index (κ3) is 2.38. The predicted molar refractivity (Wildman–Crippen MR) is 72.1 cm³/mol. The molecule has 0 aliphatic carbocycles. The second-order valence-corrected chi connectivity index (χ2v) is 5.16. The highest BCUT2D eigenvalue weighted by atomic mass is 79.9. The highest BCUT2D eigenvalue weighted by Crippen LogP contribution is 2.32. The van der Waals surface area contributed by atoms with E-state index in [0.717, 1.165) is 16.6 Å². The lowest BCUT2D eigenvalue weighted by molar-refractivity contribution is -0.384. The van der Waals surface area contributed by atoms with Gasteiger partial charge in [-0.15, -0.1) is 0 Å². The molecule has 96 valence electrons. The molecule has 0 N–H and O–H groups in total. The zero-order valence-electron chi connectivity index (χ0n) is 9.93. The third-order valence-electron chi connectivity index (χ3n) is 2.97. The smallest absolute Gasteiger partial charge is 0.269 e. The summed E-state index contributed by atoms with van der Waals surface area (Å²) in [6, 6.07) is 4.61. The molecule has 0 aromatic heterocycles. The molecule has 0 fully saturated rings. The summed E-state index contributed by atoms with van der Waals surface area (Å²) in [5.41, 5.74) is 1.59. The number of rotatable bonds is 4. The van der Waals surface area contributed by atoms with Crippen LogP contribution in [0.15, 0.2) is 18.2 Å². The number of carbonyl (C=O) groups is 1. The summed E-state index contributed by atoms with van der Waals surface area (Å²) in [6.45, 7) is 2.68. The second kappa shape index (κ2) is 5.06. The van der Waals surface area contributed by atoms with Crippen LogP contribution in [0.2, 0.25) is 0 Å². The number of nitro groups is 1. The van der Waals surface area contributed by atoms with Gasteiger partial charge in [0.15, 0.2) is 0 Å². The molecular weight excluding hydrogens is 300 g/mol. The normalized spacial score (nSPS) is 15.7. The largest absolute Gasteiger partial charge is 0.312 e. The van der Waals surface area contributed by atoms with Crippen LogP contribution < -0.4 is 4.90 Å². The van der Waals surface area contributed by atoms with Crippen molar-refractivity contribution < 1.29 is 9.72 Å². The Morgan fingerprint density at radius 3 is 2.89 bits per heavy atom. The van der Waals surface area contributed by atoms with Crippen LogP contribution in [0.3, 0.4) is 0 Å². The molecule has 5 nitrogen and oxygen atoms in total. The summed E-state index contributed by atoms with van der Waals surface area (Å²) in [6.07, 6.45) is 0.256. The molecule has 0 saturated heterocycles. The van der Waals surface area contributed by atoms with Crippen molar-refractivity contribution in [3.05, 3.63) is 33.9 Å². The molecule has 1 aliphatic rings. The van der Waals surface area contributed by atoms with Crippen LogP contribution in [0.4, 0.5) is 11.4 Å². The highest BCUT2D eigenvalue weighted by Gasteiger charge is 2.29. The van der Waals surface area contributed by atoms with Gasteiger partial charge in [-0.1, -0.05) is 22.9 Å². The molecule has 18 heavy (non-hydrogen) atoms. The minimum Gasteiger partial charge on any atom is -0.312 e. The van der Waals surface area contributed by atoms with Crippen LogP contribution in [-0.2, 0) is 11.2 Å². The quantitative estimate of drug-likeness (QED) is 0.487. The molecule has 0 spiro atoms. The molecule has 6 heteroatoms. The third-order valence-corrected chi connectivity index (χ3v) is 4.07. The highest BCUT2D eigenvalue weighted by molar-refractivity contribution is 9.09. The number of fused-ring (bicyclic) bond motifs is 1. The Morgan fingerprint density at radius 1 is 1.56 bits per heavy atom. The first kappa shape index (κ1) is 13.0. The fourth-order valence-electron chi connectivity index (χ4n) is 2.04. The van der Waals surface area contributed by atoms with Crippen molar-refractivity contribution in [1.82, 2.24) is 0 Å². The van der Waals surface area contributed by atoms with Crippen LogP contribution >= 0.6 is 15.9 Å². The van der Waals surface area contributed by atoms with Crippen molar-refractivity contribution in [2.24, 2.45) is 5.92 Å². The number of anilines is 1. The van der Waals surface area contributed by atoms with Crippen LogP contribution in [0.5, 0.6) is 0 Å². The molecule has 1 amide bonds. The predicted octanol–water partition coefficient (Wildman–Crippen LogP) is 2.51. The summed E-state index contributed by atoms with van der Waals surface area (Å²) in [5.74, 6) is 0.355. The first-order valence-corrected chi connectivity index (χ1v) is 6.78. The van der Waals surface area contributed by atoms with Gasteiger partial charge in [0.2, 0.25) is 5.91 Å². The molecule has 0 saturated carbocycles. The topological polar surface area (TPSA) is 63.5 Å². The molecule has 1 aromatic rings. The number of carbonyl (C=O) groups excluding carboxylic acids is 1. The Hall–Kier alpha value is -1.43. The standard InChI is InChI=1S/C12H13BrN2O3/c1-8(6-13)7-14-11-3-2-10(15(17)18)4-9(11)5-12(14)16/h2-4,8H,5-7H2,1H3. The number of halogens is 1. The summed E-state index contributed by atoms with van der Waals surface area (Å²) in [5, 5.41) is 11.5. The number of hydrogen-bond acceptors (Lipinski definition) is 3. The van der Waals surface area contributed by atoms with E-state index < -0.39 is 4.92 Å². The molecule has 1 aromatic carbocycles. The van der Waals surface area contributed by atoms with Gasteiger partial charge >= 0.3 is 0 Å². The number of non-ortho nitro benzene ring substituents is 1. The van der Waals surface area contributed by atoms with Gasteiger partial charge in [-0.25, -0.2) is 0 Å². The Morgan fingerprint density at radius 2 is 2.28 bits per heavy atom. The van der Waals surface area contributed by atoms with E-state index in [-0.39, 0.29) is 18.0 Å². The molecule has 1 aliphatic heterocycles. The Bertz CT molecular complexity index is 504. The number of benzene rings is 1. The zero-order chi connectivity index (χ0) is 13.3. The van der Waals surface area contributed by atoms with E-state index in [4.69, 9.17) is 0 Å². The number of amides is 1. The lowest BCUT2D eigenvalue weighted by atomic mass is 10.1. The fourth-order valence-corrected chi connectivity index (χ4v) is 2.25. The number of nitro benzene ring substituents is 1. The zero-order valence-corrected chi connectivity index (χ0v) is 11.5. The van der Waals surface area contributed by atoms with Gasteiger partial charge < -0.3 is 4.90 Å². The van der Waals surface area contributed by atoms with Crippen LogP contribution in [0.1, 0.15) is 12.5 Å². The number of alkyl halides is 1. The van der Waals surface area contributed by atoms with Gasteiger partial charge in [0.05, 0.1) is 11.3 Å². The second-order valence-electron chi connectivity index (χ2n) is 4.51. The molecule has 1 unspecified atom stereocenters. The van der Waals surface area contributed by atoms with E-state index in [0.29, 0.717) is 12.5 Å². The van der Waals surface area contributed by atoms with Crippen molar-refractivity contribution in [3.63, 3.8) is 0 Å². The van der Waals surface area contributed by atoms with E-state index >= 15 is 0 Å². The average Bonchev–Trinajstić information content (AvgIpc) is 2.64. The Kier molecular flexibility index (Phi) is 3.65. The van der Waals surface area contributed by atoms with Crippen molar-refractivity contribution >= 4 is 33.2 Å². The minimum absolute atomic E-state index is 0.0123. The first-order chi connectivity index (χ1) is 8.52. The van der Waals surface area contributed by atoms with Crippen LogP contribution in [0, 0.1) is 16.0 Å². The lowest BCUT2D eigenvalue weighted by Gasteiger charge is -2.20. The Balaban J connectivity index is 2.29. The van der Waals surface area contributed by atoms with E-state index in [1.807, 2.05) is 6.92 Å². The molecule has 2 rings (SSSR count).